The van der Waals surface area contributed by atoms with Crippen molar-refractivity contribution in [2.24, 2.45) is 0 Å². The molecule has 0 saturated carbocycles. The molecule has 0 saturated heterocycles. The Labute approximate surface area is 187 Å². The van der Waals surface area contributed by atoms with Crippen LogP contribution < -0.4 is 5.32 Å². The summed E-state index contributed by atoms with van der Waals surface area (Å²) >= 11 is 7.80. The molecular weight excluding hydrogens is 436 g/mol. The maximum atomic E-state index is 12.5. The Hall–Kier alpha value is -3.30. The number of anilines is 2. The van der Waals surface area contributed by atoms with Crippen LogP contribution in [0.4, 0.5) is 10.8 Å². The molecular formula is C21H19ClN6O2S. The van der Waals surface area contributed by atoms with Gasteiger partial charge in [-0.3, -0.25) is 14.7 Å². The molecule has 2 heterocycles. The molecule has 0 bridgehead atoms. The van der Waals surface area contributed by atoms with Crippen molar-refractivity contribution in [3.8, 4) is 10.6 Å². The molecule has 0 spiro atoms. The van der Waals surface area contributed by atoms with Crippen LogP contribution in [0.2, 0.25) is 5.02 Å². The van der Waals surface area contributed by atoms with E-state index in [4.69, 9.17) is 11.6 Å². The second-order valence-electron chi connectivity index (χ2n) is 7.29. The molecule has 0 aliphatic rings. The van der Waals surface area contributed by atoms with E-state index in [9.17, 15) is 9.59 Å². The molecule has 1 amide bonds. The van der Waals surface area contributed by atoms with Gasteiger partial charge >= 0.3 is 0 Å². The molecule has 10 heteroatoms. The summed E-state index contributed by atoms with van der Waals surface area (Å²) < 4.78 is 0. The largest absolute Gasteiger partial charge is 0.345 e. The average molecular weight is 455 g/mol. The maximum absolute atomic E-state index is 12.5. The lowest BCUT2D eigenvalue weighted by Gasteiger charge is -2.12. The SMILES string of the molecule is CC(=O)Cc1cc(C(=O)N(C)C)cc(-c2nnc(Nc3ccc4[nH]ncc4c3Cl)s2)c1. The van der Waals surface area contributed by atoms with E-state index in [0.29, 0.717) is 26.4 Å². The number of nitrogens with zero attached hydrogens (tertiary/aromatic N) is 4. The first-order valence-electron chi connectivity index (χ1n) is 9.39. The van der Waals surface area contributed by atoms with Crippen molar-refractivity contribution < 1.29 is 9.59 Å². The topological polar surface area (TPSA) is 104 Å². The van der Waals surface area contributed by atoms with Gasteiger partial charge in [0, 0.05) is 37.0 Å². The van der Waals surface area contributed by atoms with Gasteiger partial charge in [0.1, 0.15) is 10.8 Å². The van der Waals surface area contributed by atoms with E-state index in [-0.39, 0.29) is 18.1 Å². The number of carbonyl (C=O) groups is 2. The number of hydrogen-bond acceptors (Lipinski definition) is 7. The van der Waals surface area contributed by atoms with Crippen LogP contribution >= 0.6 is 22.9 Å². The van der Waals surface area contributed by atoms with Crippen LogP contribution in [0, 0.1) is 0 Å². The van der Waals surface area contributed by atoms with Gasteiger partial charge in [-0.25, -0.2) is 0 Å². The fourth-order valence-corrected chi connectivity index (χ4v) is 4.18. The summed E-state index contributed by atoms with van der Waals surface area (Å²) in [6, 6.07) is 9.09. The van der Waals surface area contributed by atoms with Crippen molar-refractivity contribution in [1.29, 1.82) is 0 Å². The van der Waals surface area contributed by atoms with Gasteiger partial charge in [-0.15, -0.1) is 10.2 Å². The van der Waals surface area contributed by atoms with Gasteiger partial charge in [-0.1, -0.05) is 22.9 Å². The van der Waals surface area contributed by atoms with Crippen LogP contribution in [0.25, 0.3) is 21.5 Å². The first kappa shape index (κ1) is 21.0. The van der Waals surface area contributed by atoms with E-state index in [2.05, 4.69) is 25.7 Å². The van der Waals surface area contributed by atoms with E-state index in [0.717, 1.165) is 22.0 Å². The third-order valence-electron chi connectivity index (χ3n) is 4.57. The number of rotatable bonds is 6. The molecule has 2 aromatic heterocycles. The average Bonchev–Trinajstić information content (AvgIpc) is 3.38. The van der Waals surface area contributed by atoms with E-state index < -0.39 is 0 Å². The Morgan fingerprint density at radius 2 is 2.00 bits per heavy atom. The zero-order chi connectivity index (χ0) is 22.1. The second-order valence-corrected chi connectivity index (χ2v) is 8.65. The first-order chi connectivity index (χ1) is 14.8. The molecule has 158 valence electrons. The van der Waals surface area contributed by atoms with E-state index in [1.807, 2.05) is 18.2 Å². The second kappa shape index (κ2) is 8.44. The zero-order valence-electron chi connectivity index (χ0n) is 17.1. The molecule has 0 unspecified atom stereocenters. The molecule has 0 aliphatic carbocycles. The third kappa shape index (κ3) is 4.42. The highest BCUT2D eigenvalue weighted by molar-refractivity contribution is 7.18. The van der Waals surface area contributed by atoms with Crippen LogP contribution in [0.5, 0.6) is 0 Å². The number of aromatic nitrogens is 4. The van der Waals surface area contributed by atoms with Crippen molar-refractivity contribution in [3.63, 3.8) is 0 Å². The molecule has 2 N–H and O–H groups in total. The number of nitrogens with one attached hydrogen (secondary N) is 2. The number of hydrogen-bond donors (Lipinski definition) is 2. The molecule has 31 heavy (non-hydrogen) atoms. The quantitative estimate of drug-likeness (QED) is 0.450. The van der Waals surface area contributed by atoms with Gasteiger partial charge in [-0.05, 0) is 42.8 Å². The lowest BCUT2D eigenvalue weighted by molar-refractivity contribution is -0.116. The monoisotopic (exact) mass is 454 g/mol. The summed E-state index contributed by atoms with van der Waals surface area (Å²) in [5.41, 5.74) is 3.51. The number of benzene rings is 2. The predicted octanol–water partition coefficient (Wildman–Crippen LogP) is 4.31. The minimum Gasteiger partial charge on any atom is -0.345 e. The van der Waals surface area contributed by atoms with Crippen molar-refractivity contribution in [3.05, 3.63) is 52.7 Å². The van der Waals surface area contributed by atoms with Crippen molar-refractivity contribution in [1.82, 2.24) is 25.3 Å². The Bertz CT molecular complexity index is 1300. The zero-order valence-corrected chi connectivity index (χ0v) is 18.6. The fraction of sp³-hybridized carbons (Fsp3) is 0.190. The van der Waals surface area contributed by atoms with E-state index in [1.165, 1.54) is 23.2 Å². The van der Waals surface area contributed by atoms with Crippen LogP contribution in [0.3, 0.4) is 0 Å². The maximum Gasteiger partial charge on any atom is 0.253 e. The van der Waals surface area contributed by atoms with Crippen LogP contribution in [-0.2, 0) is 11.2 Å². The van der Waals surface area contributed by atoms with Gasteiger partial charge in [0.15, 0.2) is 0 Å². The minimum atomic E-state index is -0.144. The number of aromatic amines is 1. The summed E-state index contributed by atoms with van der Waals surface area (Å²) in [7, 11) is 3.38. The van der Waals surface area contributed by atoms with Crippen LogP contribution in [0.15, 0.2) is 36.5 Å². The van der Waals surface area contributed by atoms with Crippen LogP contribution in [-0.4, -0.2) is 51.1 Å². The van der Waals surface area contributed by atoms with Gasteiger partial charge in [0.05, 0.1) is 22.4 Å². The molecule has 2 aromatic carbocycles. The summed E-state index contributed by atoms with van der Waals surface area (Å²) in [4.78, 5) is 25.6. The summed E-state index contributed by atoms with van der Waals surface area (Å²) in [6.45, 7) is 1.52. The van der Waals surface area contributed by atoms with E-state index >= 15 is 0 Å². The standard InChI is InChI=1S/C21H19ClN6O2S/c1-11(29)6-12-7-13(9-14(8-12)20(30)28(2)3)19-26-27-21(31-19)24-17-5-4-16-15(18(17)22)10-23-25-16/h4-5,7-10H,6H2,1-3H3,(H,23,25)(H,24,27). The number of halogens is 1. The van der Waals surface area contributed by atoms with Crippen molar-refractivity contribution in [2.45, 2.75) is 13.3 Å². The Morgan fingerprint density at radius 1 is 1.19 bits per heavy atom. The number of ketones is 1. The number of H-pyrrole nitrogens is 1. The molecule has 0 atom stereocenters. The van der Waals surface area contributed by atoms with Gasteiger partial charge in [0.2, 0.25) is 5.13 Å². The van der Waals surface area contributed by atoms with Gasteiger partial charge < -0.3 is 10.2 Å². The van der Waals surface area contributed by atoms with Crippen molar-refractivity contribution >= 4 is 56.4 Å². The highest BCUT2D eigenvalue weighted by atomic mass is 35.5. The fourth-order valence-electron chi connectivity index (χ4n) is 3.17. The normalized spacial score (nSPS) is 11.0. The van der Waals surface area contributed by atoms with E-state index in [1.54, 1.807) is 32.4 Å². The molecule has 0 aliphatic heterocycles. The third-order valence-corrected chi connectivity index (χ3v) is 5.87. The molecule has 4 rings (SSSR count). The molecule has 4 aromatic rings. The molecule has 0 radical (unpaired) electrons. The highest BCUT2D eigenvalue weighted by Gasteiger charge is 2.16. The summed E-state index contributed by atoms with van der Waals surface area (Å²) in [5, 5.41) is 21.1. The first-order valence-corrected chi connectivity index (χ1v) is 10.6. The Balaban J connectivity index is 1.67. The predicted molar refractivity (Wildman–Crippen MR) is 122 cm³/mol. The minimum absolute atomic E-state index is 0.0179. The Morgan fingerprint density at radius 3 is 2.74 bits per heavy atom. The number of fused-ring (bicyclic) bond motifs is 1. The molecule has 8 nitrogen and oxygen atoms in total. The number of amides is 1. The highest BCUT2D eigenvalue weighted by Crippen LogP contribution is 2.35. The lowest BCUT2D eigenvalue weighted by atomic mass is 10.0. The lowest BCUT2D eigenvalue weighted by Crippen LogP contribution is -2.22. The molecule has 0 fully saturated rings. The smallest absolute Gasteiger partial charge is 0.253 e. The van der Waals surface area contributed by atoms with Gasteiger partial charge in [-0.2, -0.15) is 5.10 Å². The van der Waals surface area contributed by atoms with Crippen molar-refractivity contribution in [2.75, 3.05) is 19.4 Å². The van der Waals surface area contributed by atoms with Crippen LogP contribution in [0.1, 0.15) is 22.8 Å². The number of Topliss-reactive ketones (excluding diaryl/α,β-unsaturated/α-hetero) is 1. The Kier molecular flexibility index (Phi) is 5.71. The summed E-state index contributed by atoms with van der Waals surface area (Å²) in [6.07, 6.45) is 1.91. The van der Waals surface area contributed by atoms with Gasteiger partial charge in [0.25, 0.3) is 5.91 Å². The number of carbonyl (C=O) groups excluding carboxylic acids is 2. The summed E-state index contributed by atoms with van der Waals surface area (Å²) in [5.74, 6) is -0.126.